The van der Waals surface area contributed by atoms with Gasteiger partial charge in [0.25, 0.3) is 5.91 Å². The zero-order valence-corrected chi connectivity index (χ0v) is 13.0. The fourth-order valence-electron chi connectivity index (χ4n) is 2.80. The minimum atomic E-state index is -0.336. The van der Waals surface area contributed by atoms with E-state index >= 15 is 0 Å². The number of hydrogen-bond donors (Lipinski definition) is 1. The lowest BCUT2D eigenvalue weighted by Gasteiger charge is -2.20. The molecule has 0 bridgehead atoms. The second kappa shape index (κ2) is 7.22. The summed E-state index contributed by atoms with van der Waals surface area (Å²) >= 11 is 0. The van der Waals surface area contributed by atoms with Crippen molar-refractivity contribution >= 4 is 17.3 Å². The Kier molecular flexibility index (Phi) is 4.86. The van der Waals surface area contributed by atoms with Crippen molar-refractivity contribution in [1.82, 2.24) is 9.88 Å². The first kappa shape index (κ1) is 15.5. The molecule has 0 aliphatic carbocycles. The Morgan fingerprint density at radius 1 is 1.09 bits per heavy atom. The van der Waals surface area contributed by atoms with Crippen LogP contribution in [0.4, 0.5) is 15.8 Å². The molecule has 1 aromatic heterocycles. The largest absolute Gasteiger partial charge is 0.352 e. The number of aromatic nitrogens is 1. The van der Waals surface area contributed by atoms with Crippen molar-refractivity contribution in [3.8, 4) is 0 Å². The lowest BCUT2D eigenvalue weighted by Crippen LogP contribution is -2.31. The molecule has 1 amide bonds. The van der Waals surface area contributed by atoms with Crippen LogP contribution in [0.2, 0.25) is 0 Å². The summed E-state index contributed by atoms with van der Waals surface area (Å²) in [5.41, 5.74) is 1.51. The highest BCUT2D eigenvalue weighted by atomic mass is 19.1. The molecule has 1 fully saturated rings. The number of carbonyl (C=O) groups is 1. The standard InChI is InChI=1S/C18H20FN3O/c19-16-7-3-4-8-17(16)21-15-11-14(12-20-13-15)18(23)22-9-5-1-2-6-10-22/h3-4,7-8,11-13,21H,1-2,5-6,9-10H2. The molecule has 1 saturated heterocycles. The van der Waals surface area contributed by atoms with Gasteiger partial charge in [-0.3, -0.25) is 9.78 Å². The number of likely N-dealkylation sites (tertiary alicyclic amines) is 1. The van der Waals surface area contributed by atoms with Crippen LogP contribution in [-0.2, 0) is 0 Å². The number of carbonyl (C=O) groups excluding carboxylic acids is 1. The smallest absolute Gasteiger partial charge is 0.255 e. The summed E-state index contributed by atoms with van der Waals surface area (Å²) in [6.07, 6.45) is 7.61. The van der Waals surface area contributed by atoms with E-state index in [1.807, 2.05) is 4.90 Å². The molecule has 2 heterocycles. The molecule has 1 N–H and O–H groups in total. The van der Waals surface area contributed by atoms with Crippen LogP contribution < -0.4 is 5.32 Å². The normalized spacial score (nSPS) is 15.1. The molecule has 23 heavy (non-hydrogen) atoms. The fraction of sp³-hybridized carbons (Fsp3) is 0.333. The molecule has 4 nitrogen and oxygen atoms in total. The highest BCUT2D eigenvalue weighted by Crippen LogP contribution is 2.20. The molecule has 0 spiro atoms. The monoisotopic (exact) mass is 313 g/mol. The van der Waals surface area contributed by atoms with Crippen molar-refractivity contribution in [3.63, 3.8) is 0 Å². The second-order valence-electron chi connectivity index (χ2n) is 5.77. The predicted molar refractivity (Wildman–Crippen MR) is 88.3 cm³/mol. The van der Waals surface area contributed by atoms with Gasteiger partial charge in [-0.25, -0.2) is 4.39 Å². The third kappa shape index (κ3) is 3.86. The van der Waals surface area contributed by atoms with Crippen molar-refractivity contribution in [2.75, 3.05) is 18.4 Å². The summed E-state index contributed by atoms with van der Waals surface area (Å²) in [5, 5.41) is 2.97. The van der Waals surface area contributed by atoms with Crippen LogP contribution in [0.25, 0.3) is 0 Å². The number of amides is 1. The Morgan fingerprint density at radius 3 is 2.57 bits per heavy atom. The maximum Gasteiger partial charge on any atom is 0.255 e. The number of para-hydroxylation sites is 1. The maximum absolute atomic E-state index is 13.7. The third-order valence-electron chi connectivity index (χ3n) is 4.03. The van der Waals surface area contributed by atoms with Gasteiger partial charge in [-0.2, -0.15) is 0 Å². The summed E-state index contributed by atoms with van der Waals surface area (Å²) in [5.74, 6) is -0.340. The minimum absolute atomic E-state index is 0.00316. The lowest BCUT2D eigenvalue weighted by atomic mass is 10.2. The molecule has 0 radical (unpaired) electrons. The highest BCUT2D eigenvalue weighted by Gasteiger charge is 2.18. The number of benzene rings is 1. The number of rotatable bonds is 3. The van der Waals surface area contributed by atoms with Crippen LogP contribution in [-0.4, -0.2) is 28.9 Å². The van der Waals surface area contributed by atoms with Crippen LogP contribution in [0.1, 0.15) is 36.0 Å². The highest BCUT2D eigenvalue weighted by molar-refractivity contribution is 5.95. The van der Waals surface area contributed by atoms with Crippen LogP contribution in [0, 0.1) is 5.82 Å². The van der Waals surface area contributed by atoms with Gasteiger partial charge >= 0.3 is 0 Å². The Balaban J connectivity index is 1.76. The van der Waals surface area contributed by atoms with Gasteiger partial charge in [0.2, 0.25) is 0 Å². The zero-order chi connectivity index (χ0) is 16.1. The number of halogens is 1. The molecule has 5 heteroatoms. The number of nitrogens with one attached hydrogen (secondary N) is 1. The molecule has 2 aromatic rings. The van der Waals surface area contributed by atoms with Gasteiger partial charge in [0.1, 0.15) is 5.82 Å². The van der Waals surface area contributed by atoms with Crippen LogP contribution in [0.15, 0.2) is 42.7 Å². The van der Waals surface area contributed by atoms with Crippen molar-refractivity contribution < 1.29 is 9.18 Å². The summed E-state index contributed by atoms with van der Waals surface area (Å²) < 4.78 is 13.7. The van der Waals surface area contributed by atoms with Gasteiger partial charge in [-0.05, 0) is 31.0 Å². The molecule has 0 unspecified atom stereocenters. The first-order valence-electron chi connectivity index (χ1n) is 8.00. The Hall–Kier alpha value is -2.43. The van der Waals surface area contributed by atoms with E-state index in [0.717, 1.165) is 25.9 Å². The van der Waals surface area contributed by atoms with E-state index in [1.54, 1.807) is 36.7 Å². The van der Waals surface area contributed by atoms with E-state index in [9.17, 15) is 9.18 Å². The average Bonchev–Trinajstić information content (AvgIpc) is 2.86. The molecular formula is C18H20FN3O. The number of anilines is 2. The second-order valence-corrected chi connectivity index (χ2v) is 5.77. The first-order chi connectivity index (χ1) is 11.2. The molecule has 3 rings (SSSR count). The number of hydrogen-bond acceptors (Lipinski definition) is 3. The van der Waals surface area contributed by atoms with Crippen LogP contribution in [0.5, 0.6) is 0 Å². The van der Waals surface area contributed by atoms with E-state index in [-0.39, 0.29) is 11.7 Å². The molecule has 0 atom stereocenters. The van der Waals surface area contributed by atoms with Crippen molar-refractivity contribution in [2.24, 2.45) is 0 Å². The van der Waals surface area contributed by atoms with Gasteiger partial charge in [-0.15, -0.1) is 0 Å². The molecule has 1 aliphatic heterocycles. The van der Waals surface area contributed by atoms with E-state index in [4.69, 9.17) is 0 Å². The minimum Gasteiger partial charge on any atom is -0.352 e. The molecule has 1 aliphatic rings. The van der Waals surface area contributed by atoms with Gasteiger partial charge in [0.15, 0.2) is 0 Å². The van der Waals surface area contributed by atoms with Gasteiger partial charge < -0.3 is 10.2 Å². The number of nitrogens with zero attached hydrogens (tertiary/aromatic N) is 2. The van der Waals surface area contributed by atoms with Crippen molar-refractivity contribution in [3.05, 3.63) is 54.1 Å². The third-order valence-corrected chi connectivity index (χ3v) is 4.03. The topological polar surface area (TPSA) is 45.2 Å². The van der Waals surface area contributed by atoms with Crippen molar-refractivity contribution in [1.29, 1.82) is 0 Å². The molecule has 1 aromatic carbocycles. The molecule has 120 valence electrons. The van der Waals surface area contributed by atoms with Gasteiger partial charge in [0.05, 0.1) is 23.1 Å². The Labute approximate surface area is 135 Å². The summed E-state index contributed by atoms with van der Waals surface area (Å²) in [6, 6.07) is 8.16. The van der Waals surface area contributed by atoms with Crippen LogP contribution >= 0.6 is 0 Å². The maximum atomic E-state index is 13.7. The zero-order valence-electron chi connectivity index (χ0n) is 13.0. The van der Waals surface area contributed by atoms with Crippen LogP contribution in [0.3, 0.4) is 0 Å². The van der Waals surface area contributed by atoms with E-state index in [2.05, 4.69) is 10.3 Å². The quantitative estimate of drug-likeness (QED) is 0.932. The Bertz CT molecular complexity index is 681. The summed E-state index contributed by atoms with van der Waals surface area (Å²) in [6.45, 7) is 1.59. The average molecular weight is 313 g/mol. The summed E-state index contributed by atoms with van der Waals surface area (Å²) in [7, 11) is 0. The van der Waals surface area contributed by atoms with Gasteiger partial charge in [0, 0.05) is 19.3 Å². The number of pyridine rings is 1. The lowest BCUT2D eigenvalue weighted by molar-refractivity contribution is 0.0761. The summed E-state index contributed by atoms with van der Waals surface area (Å²) in [4.78, 5) is 18.6. The van der Waals surface area contributed by atoms with Gasteiger partial charge in [-0.1, -0.05) is 25.0 Å². The SMILES string of the molecule is O=C(c1cncc(Nc2ccccc2F)c1)N1CCCCCC1. The first-order valence-corrected chi connectivity index (χ1v) is 8.00. The fourth-order valence-corrected chi connectivity index (χ4v) is 2.80. The predicted octanol–water partition coefficient (Wildman–Crippen LogP) is 3.98. The van der Waals surface area contributed by atoms with E-state index < -0.39 is 0 Å². The molecular weight excluding hydrogens is 293 g/mol. The molecule has 0 saturated carbocycles. The van der Waals surface area contributed by atoms with Crippen molar-refractivity contribution in [2.45, 2.75) is 25.7 Å². The Morgan fingerprint density at radius 2 is 1.83 bits per heavy atom. The van der Waals surface area contributed by atoms with E-state index in [0.29, 0.717) is 16.9 Å². The van der Waals surface area contributed by atoms with E-state index in [1.165, 1.54) is 18.9 Å².